The van der Waals surface area contributed by atoms with Crippen LogP contribution in [0.3, 0.4) is 0 Å². The molecular weight excluding hydrogens is 216 g/mol. The number of rotatable bonds is 3. The van der Waals surface area contributed by atoms with E-state index in [2.05, 4.69) is 9.82 Å². The van der Waals surface area contributed by atoms with Crippen LogP contribution in [0, 0.1) is 6.92 Å². The molecule has 0 unspecified atom stereocenters. The monoisotopic (exact) mass is 230 g/mol. The Labute approximate surface area is 99.4 Å². The van der Waals surface area contributed by atoms with Crippen LogP contribution in [0.1, 0.15) is 27.3 Å². The number of hydrogen-bond acceptors (Lipinski definition) is 3. The maximum atomic E-state index is 11.3. The average Bonchev–Trinajstić information content (AvgIpc) is 2.71. The second kappa shape index (κ2) is 4.84. The quantitative estimate of drug-likeness (QED) is 0.792. The molecule has 0 amide bonds. The summed E-state index contributed by atoms with van der Waals surface area (Å²) in [6, 6.07) is 11.8. The summed E-state index contributed by atoms with van der Waals surface area (Å²) in [6.07, 6.45) is 0.779. The lowest BCUT2D eigenvalue weighted by molar-refractivity contribution is 0.0497. The normalized spacial score (nSPS) is 10.2. The second-order valence-corrected chi connectivity index (χ2v) is 3.90. The van der Waals surface area contributed by atoms with Gasteiger partial charge >= 0.3 is 5.97 Å². The third-order valence-corrected chi connectivity index (χ3v) is 2.69. The molecule has 17 heavy (non-hydrogen) atoms. The number of nitrogens with two attached hydrogens (primary N) is 1. The number of aromatic amines is 1. The largest absolute Gasteiger partial charge is 0.373 e. The third kappa shape index (κ3) is 2.54. The number of aromatic nitrogens is 1. The van der Waals surface area contributed by atoms with Gasteiger partial charge in [-0.3, -0.25) is 0 Å². The van der Waals surface area contributed by atoms with Crippen LogP contribution in [-0.4, -0.2) is 11.0 Å². The number of carbonyl (C=O) groups excluding carboxylic acids is 1. The van der Waals surface area contributed by atoms with Gasteiger partial charge in [0.1, 0.15) is 5.69 Å². The maximum Gasteiger partial charge on any atom is 0.373 e. The van der Waals surface area contributed by atoms with Crippen LogP contribution in [0.2, 0.25) is 0 Å². The first-order valence-corrected chi connectivity index (χ1v) is 5.34. The summed E-state index contributed by atoms with van der Waals surface area (Å²) >= 11 is 0. The van der Waals surface area contributed by atoms with Gasteiger partial charge in [-0.2, -0.15) is 5.90 Å². The van der Waals surface area contributed by atoms with E-state index in [-0.39, 0.29) is 0 Å². The third-order valence-electron chi connectivity index (χ3n) is 2.69. The van der Waals surface area contributed by atoms with E-state index in [9.17, 15) is 4.79 Å². The molecule has 0 fully saturated rings. The van der Waals surface area contributed by atoms with E-state index in [0.717, 1.165) is 17.7 Å². The first-order chi connectivity index (χ1) is 8.20. The predicted molar refractivity (Wildman–Crippen MR) is 64.4 cm³/mol. The second-order valence-electron chi connectivity index (χ2n) is 3.90. The molecule has 1 aromatic carbocycles. The standard InChI is InChI=1S/C13H14N2O2/c1-9-11(7-10-5-3-2-4-6-10)8-12(15-9)13(16)17-14/h2-6,8,15H,7,14H2,1H3. The van der Waals surface area contributed by atoms with Gasteiger partial charge in [0.15, 0.2) is 0 Å². The van der Waals surface area contributed by atoms with Crippen LogP contribution in [-0.2, 0) is 11.3 Å². The van der Waals surface area contributed by atoms with Gasteiger partial charge in [0.05, 0.1) is 0 Å². The molecular formula is C13H14N2O2. The summed E-state index contributed by atoms with van der Waals surface area (Å²) in [5.41, 5.74) is 3.60. The molecule has 4 heteroatoms. The molecule has 1 heterocycles. The van der Waals surface area contributed by atoms with Gasteiger partial charge in [-0.05, 0) is 30.5 Å². The zero-order valence-electron chi connectivity index (χ0n) is 9.57. The highest BCUT2D eigenvalue weighted by atomic mass is 16.7. The SMILES string of the molecule is Cc1[nH]c(C(=O)ON)cc1Cc1ccccc1. The molecule has 0 saturated heterocycles. The molecule has 0 atom stereocenters. The van der Waals surface area contributed by atoms with Crippen molar-refractivity contribution in [3.63, 3.8) is 0 Å². The zero-order valence-corrected chi connectivity index (χ0v) is 9.57. The average molecular weight is 230 g/mol. The lowest BCUT2D eigenvalue weighted by Gasteiger charge is -1.99. The number of hydrogen-bond donors (Lipinski definition) is 2. The Morgan fingerprint density at radius 3 is 2.71 bits per heavy atom. The fraction of sp³-hybridized carbons (Fsp3) is 0.154. The number of nitrogens with one attached hydrogen (secondary N) is 1. The van der Waals surface area contributed by atoms with Crippen LogP contribution < -0.4 is 5.90 Å². The summed E-state index contributed by atoms with van der Waals surface area (Å²) < 4.78 is 0. The molecule has 2 aromatic rings. The summed E-state index contributed by atoms with van der Waals surface area (Å²) in [5.74, 6) is 4.30. The van der Waals surface area contributed by atoms with Gasteiger partial charge in [-0.25, -0.2) is 4.79 Å². The fourth-order valence-electron chi connectivity index (χ4n) is 1.77. The molecule has 4 nitrogen and oxygen atoms in total. The van der Waals surface area contributed by atoms with E-state index < -0.39 is 5.97 Å². The number of carbonyl (C=O) groups is 1. The van der Waals surface area contributed by atoms with E-state index in [0.29, 0.717) is 5.69 Å². The molecule has 0 bridgehead atoms. The molecule has 3 N–H and O–H groups in total. The topological polar surface area (TPSA) is 68.1 Å². The van der Waals surface area contributed by atoms with Gasteiger partial charge in [0.2, 0.25) is 0 Å². The number of aryl methyl sites for hydroxylation is 1. The minimum Gasteiger partial charge on any atom is -0.369 e. The zero-order chi connectivity index (χ0) is 12.3. The molecule has 0 radical (unpaired) electrons. The van der Waals surface area contributed by atoms with Crippen molar-refractivity contribution in [2.45, 2.75) is 13.3 Å². The van der Waals surface area contributed by atoms with Crippen molar-refractivity contribution in [3.05, 3.63) is 58.9 Å². The molecule has 0 aliphatic heterocycles. The van der Waals surface area contributed by atoms with Crippen molar-refractivity contribution in [2.24, 2.45) is 5.90 Å². The van der Waals surface area contributed by atoms with E-state index in [4.69, 9.17) is 5.90 Å². The van der Waals surface area contributed by atoms with Gasteiger partial charge in [0.25, 0.3) is 0 Å². The molecule has 0 saturated carbocycles. The number of H-pyrrole nitrogens is 1. The molecule has 1 aromatic heterocycles. The predicted octanol–water partition coefficient (Wildman–Crippen LogP) is 1.94. The van der Waals surface area contributed by atoms with Crippen molar-refractivity contribution >= 4 is 5.97 Å². The van der Waals surface area contributed by atoms with Gasteiger partial charge < -0.3 is 9.82 Å². The Morgan fingerprint density at radius 1 is 1.35 bits per heavy atom. The fourth-order valence-corrected chi connectivity index (χ4v) is 1.77. The lowest BCUT2D eigenvalue weighted by atomic mass is 10.1. The van der Waals surface area contributed by atoms with E-state index in [1.54, 1.807) is 6.07 Å². The van der Waals surface area contributed by atoms with Gasteiger partial charge in [-0.1, -0.05) is 30.3 Å². The summed E-state index contributed by atoms with van der Waals surface area (Å²) in [4.78, 5) is 18.4. The van der Waals surface area contributed by atoms with Gasteiger partial charge in [0, 0.05) is 5.69 Å². The highest BCUT2D eigenvalue weighted by Gasteiger charge is 2.12. The van der Waals surface area contributed by atoms with Crippen LogP contribution in [0.5, 0.6) is 0 Å². The van der Waals surface area contributed by atoms with Crippen molar-refractivity contribution in [1.82, 2.24) is 4.98 Å². The van der Waals surface area contributed by atoms with Crippen LogP contribution in [0.15, 0.2) is 36.4 Å². The van der Waals surface area contributed by atoms with Crippen LogP contribution >= 0.6 is 0 Å². The Balaban J connectivity index is 2.22. The Kier molecular flexibility index (Phi) is 3.25. The minimum atomic E-state index is -0.549. The van der Waals surface area contributed by atoms with E-state index >= 15 is 0 Å². The molecule has 0 spiro atoms. The summed E-state index contributed by atoms with van der Waals surface area (Å²) in [6.45, 7) is 1.92. The van der Waals surface area contributed by atoms with E-state index in [1.807, 2.05) is 37.3 Å². The Bertz CT molecular complexity index is 517. The Hall–Kier alpha value is -2.07. The Morgan fingerprint density at radius 2 is 2.06 bits per heavy atom. The van der Waals surface area contributed by atoms with Crippen molar-refractivity contribution in [2.75, 3.05) is 0 Å². The highest BCUT2D eigenvalue weighted by molar-refractivity contribution is 5.87. The van der Waals surface area contributed by atoms with Gasteiger partial charge in [-0.15, -0.1) is 0 Å². The van der Waals surface area contributed by atoms with Crippen molar-refractivity contribution in [3.8, 4) is 0 Å². The van der Waals surface area contributed by atoms with Crippen molar-refractivity contribution < 1.29 is 9.63 Å². The van der Waals surface area contributed by atoms with Crippen LogP contribution in [0.4, 0.5) is 0 Å². The molecule has 2 rings (SSSR count). The first kappa shape index (κ1) is 11.4. The molecule has 88 valence electrons. The first-order valence-electron chi connectivity index (χ1n) is 5.34. The smallest absolute Gasteiger partial charge is 0.369 e. The molecule has 0 aliphatic rings. The number of benzene rings is 1. The lowest BCUT2D eigenvalue weighted by Crippen LogP contribution is -2.10. The summed E-state index contributed by atoms with van der Waals surface area (Å²) in [7, 11) is 0. The maximum absolute atomic E-state index is 11.3. The molecule has 0 aliphatic carbocycles. The minimum absolute atomic E-state index is 0.385. The summed E-state index contributed by atoms with van der Waals surface area (Å²) in [5, 5.41) is 0. The van der Waals surface area contributed by atoms with E-state index in [1.165, 1.54) is 5.56 Å². The van der Waals surface area contributed by atoms with Crippen molar-refractivity contribution in [1.29, 1.82) is 0 Å². The van der Waals surface area contributed by atoms with Crippen LogP contribution in [0.25, 0.3) is 0 Å². The highest BCUT2D eigenvalue weighted by Crippen LogP contribution is 2.15.